The molecule has 0 fully saturated rings. The fourth-order valence-corrected chi connectivity index (χ4v) is 3.83. The minimum absolute atomic E-state index is 0.180. The molecule has 0 atom stereocenters. The molecule has 1 aliphatic heterocycles. The largest absolute Gasteiger partial charge is 0.495 e. The highest BCUT2D eigenvalue weighted by molar-refractivity contribution is 6.46. The first-order valence-corrected chi connectivity index (χ1v) is 10.7. The number of methoxy groups -OCH3 is 1. The number of anilines is 2. The van der Waals surface area contributed by atoms with Gasteiger partial charge in [-0.3, -0.25) is 9.59 Å². The van der Waals surface area contributed by atoms with Crippen molar-refractivity contribution in [2.24, 2.45) is 0 Å². The van der Waals surface area contributed by atoms with Crippen LogP contribution >= 0.6 is 11.6 Å². The molecule has 1 N–H and O–H groups in total. The number of ether oxygens (including phenoxy) is 1. The van der Waals surface area contributed by atoms with E-state index < -0.39 is 5.91 Å². The minimum Gasteiger partial charge on any atom is -0.495 e. The van der Waals surface area contributed by atoms with Crippen molar-refractivity contribution in [2.45, 2.75) is 20.3 Å². The highest BCUT2D eigenvalue weighted by Gasteiger charge is 2.40. The zero-order valence-electron chi connectivity index (χ0n) is 18.1. The number of rotatable bonds is 6. The summed E-state index contributed by atoms with van der Waals surface area (Å²) in [6.07, 6.45) is 0.871. The van der Waals surface area contributed by atoms with Crippen molar-refractivity contribution >= 4 is 40.4 Å². The number of nitrogens with one attached hydrogen (secondary N) is 1. The summed E-state index contributed by atoms with van der Waals surface area (Å²) in [4.78, 5) is 28.3. The summed E-state index contributed by atoms with van der Waals surface area (Å²) in [5.74, 6) is -0.306. The molecule has 3 aromatic carbocycles. The van der Waals surface area contributed by atoms with E-state index in [1.54, 1.807) is 30.3 Å². The van der Waals surface area contributed by atoms with E-state index in [-0.39, 0.29) is 11.6 Å². The van der Waals surface area contributed by atoms with Crippen molar-refractivity contribution < 1.29 is 14.3 Å². The standard InChI is InChI=1S/C26H23ClN2O3/c1-4-17-7-12-20(13-8-17)29-25(30)23(18-9-5-16(2)6-10-18)24(26(29)31)28-21-15-19(27)11-14-22(21)32-3/h5-15,28H,4H2,1-3H3. The van der Waals surface area contributed by atoms with E-state index in [0.717, 1.165) is 17.5 Å². The van der Waals surface area contributed by atoms with E-state index >= 15 is 0 Å². The SMILES string of the molecule is CCc1ccc(N2C(=O)C(Nc3cc(Cl)ccc3OC)=C(c3ccc(C)cc3)C2=O)cc1. The van der Waals surface area contributed by atoms with Gasteiger partial charge < -0.3 is 10.1 Å². The van der Waals surface area contributed by atoms with Crippen molar-refractivity contribution in [3.05, 3.63) is 94.1 Å². The van der Waals surface area contributed by atoms with Gasteiger partial charge in [0.05, 0.1) is 24.1 Å². The van der Waals surface area contributed by atoms with Crippen LogP contribution in [0.3, 0.4) is 0 Å². The first-order valence-electron chi connectivity index (χ1n) is 10.3. The maximum atomic E-state index is 13.5. The maximum Gasteiger partial charge on any atom is 0.282 e. The number of benzene rings is 3. The van der Waals surface area contributed by atoms with Crippen molar-refractivity contribution in [3.8, 4) is 5.75 Å². The van der Waals surface area contributed by atoms with E-state index in [1.807, 2.05) is 43.3 Å². The summed E-state index contributed by atoms with van der Waals surface area (Å²) in [6, 6.07) is 20.0. The van der Waals surface area contributed by atoms with Crippen LogP contribution in [0, 0.1) is 6.92 Å². The zero-order chi connectivity index (χ0) is 22.8. The number of carbonyl (C=O) groups is 2. The molecular formula is C26H23ClN2O3. The Hall–Kier alpha value is -3.57. The third-order valence-electron chi connectivity index (χ3n) is 5.45. The monoisotopic (exact) mass is 446 g/mol. The fraction of sp³-hybridized carbons (Fsp3) is 0.154. The summed E-state index contributed by atoms with van der Waals surface area (Å²) in [6.45, 7) is 4.02. The number of imide groups is 1. The Morgan fingerprint density at radius 3 is 2.25 bits per heavy atom. The lowest BCUT2D eigenvalue weighted by Gasteiger charge is -2.16. The van der Waals surface area contributed by atoms with E-state index in [1.165, 1.54) is 12.0 Å². The number of hydrogen-bond donors (Lipinski definition) is 1. The summed E-state index contributed by atoms with van der Waals surface area (Å²) in [5, 5.41) is 3.61. The van der Waals surface area contributed by atoms with E-state index in [9.17, 15) is 9.59 Å². The van der Waals surface area contributed by atoms with Crippen molar-refractivity contribution in [1.29, 1.82) is 0 Å². The van der Waals surface area contributed by atoms with Gasteiger partial charge in [0.15, 0.2) is 0 Å². The van der Waals surface area contributed by atoms with E-state index in [4.69, 9.17) is 16.3 Å². The van der Waals surface area contributed by atoms with Gasteiger partial charge in [-0.2, -0.15) is 0 Å². The van der Waals surface area contributed by atoms with Crippen LogP contribution in [0.2, 0.25) is 5.02 Å². The molecule has 2 amide bonds. The number of hydrogen-bond acceptors (Lipinski definition) is 4. The van der Waals surface area contributed by atoms with Crippen molar-refractivity contribution in [2.75, 3.05) is 17.3 Å². The molecular weight excluding hydrogens is 424 g/mol. The second kappa shape index (κ2) is 8.89. The average Bonchev–Trinajstić information content (AvgIpc) is 3.04. The van der Waals surface area contributed by atoms with Crippen molar-refractivity contribution in [1.82, 2.24) is 0 Å². The number of halogens is 1. The number of aryl methyl sites for hydroxylation is 2. The lowest BCUT2D eigenvalue weighted by molar-refractivity contribution is -0.120. The smallest absolute Gasteiger partial charge is 0.282 e. The number of carbonyl (C=O) groups excluding carboxylic acids is 2. The third kappa shape index (κ3) is 3.99. The Bertz CT molecular complexity index is 1210. The molecule has 5 nitrogen and oxygen atoms in total. The quantitative estimate of drug-likeness (QED) is 0.499. The first-order chi connectivity index (χ1) is 15.4. The minimum atomic E-state index is -0.433. The highest BCUT2D eigenvalue weighted by Crippen LogP contribution is 2.36. The number of amides is 2. The Morgan fingerprint density at radius 2 is 1.62 bits per heavy atom. The van der Waals surface area contributed by atoms with Gasteiger partial charge in [-0.25, -0.2) is 4.90 Å². The number of nitrogens with zero attached hydrogens (tertiary/aromatic N) is 1. The van der Waals surface area contributed by atoms with Crippen LogP contribution in [0.5, 0.6) is 5.75 Å². The molecule has 162 valence electrons. The van der Waals surface area contributed by atoms with Gasteiger partial charge >= 0.3 is 0 Å². The molecule has 4 rings (SSSR count). The molecule has 0 spiro atoms. The van der Waals surface area contributed by atoms with Crippen LogP contribution < -0.4 is 15.0 Å². The predicted octanol–water partition coefficient (Wildman–Crippen LogP) is 5.62. The summed E-state index contributed by atoms with van der Waals surface area (Å²) in [7, 11) is 1.53. The van der Waals surface area contributed by atoms with Gasteiger partial charge in [0, 0.05) is 5.02 Å². The van der Waals surface area contributed by atoms with Crippen LogP contribution in [0.25, 0.3) is 5.57 Å². The molecule has 1 aliphatic rings. The average molecular weight is 447 g/mol. The van der Waals surface area contributed by atoms with Crippen LogP contribution in [0.4, 0.5) is 11.4 Å². The van der Waals surface area contributed by atoms with Gasteiger partial charge in [-0.1, -0.05) is 60.5 Å². The van der Waals surface area contributed by atoms with Gasteiger partial charge in [0.2, 0.25) is 0 Å². The Morgan fingerprint density at radius 1 is 0.938 bits per heavy atom. The molecule has 1 heterocycles. The van der Waals surface area contributed by atoms with E-state index in [2.05, 4.69) is 12.2 Å². The predicted molar refractivity (Wildman–Crippen MR) is 128 cm³/mol. The molecule has 0 radical (unpaired) electrons. The zero-order valence-corrected chi connectivity index (χ0v) is 18.9. The second-order valence-corrected chi connectivity index (χ2v) is 7.99. The molecule has 0 aliphatic carbocycles. The lowest BCUT2D eigenvalue weighted by atomic mass is 10.0. The Labute approximate surface area is 192 Å². The molecule has 0 bridgehead atoms. The normalized spacial score (nSPS) is 13.7. The molecule has 3 aromatic rings. The summed E-state index contributed by atoms with van der Waals surface area (Å²) >= 11 is 6.17. The van der Waals surface area contributed by atoms with Gasteiger partial charge in [0.25, 0.3) is 11.8 Å². The van der Waals surface area contributed by atoms with Crippen LogP contribution in [-0.4, -0.2) is 18.9 Å². The van der Waals surface area contributed by atoms with Crippen molar-refractivity contribution in [3.63, 3.8) is 0 Å². The molecule has 6 heteroatoms. The second-order valence-electron chi connectivity index (χ2n) is 7.55. The fourth-order valence-electron chi connectivity index (χ4n) is 3.66. The molecule has 0 aromatic heterocycles. The van der Waals surface area contributed by atoms with Gasteiger partial charge in [0.1, 0.15) is 11.4 Å². The summed E-state index contributed by atoms with van der Waals surface area (Å²) in [5.41, 5.74) is 4.35. The van der Waals surface area contributed by atoms with Gasteiger partial charge in [-0.05, 0) is 54.8 Å². The Balaban J connectivity index is 1.83. The Kier molecular flexibility index (Phi) is 6.01. The highest BCUT2D eigenvalue weighted by atomic mass is 35.5. The topological polar surface area (TPSA) is 58.6 Å². The third-order valence-corrected chi connectivity index (χ3v) is 5.68. The van der Waals surface area contributed by atoms with Crippen LogP contribution in [-0.2, 0) is 16.0 Å². The first kappa shape index (κ1) is 21.7. The molecule has 0 unspecified atom stereocenters. The van der Waals surface area contributed by atoms with Crippen LogP contribution in [0.15, 0.2) is 72.4 Å². The molecule has 0 saturated carbocycles. The maximum absolute atomic E-state index is 13.5. The lowest BCUT2D eigenvalue weighted by Crippen LogP contribution is -2.32. The van der Waals surface area contributed by atoms with Crippen LogP contribution in [0.1, 0.15) is 23.6 Å². The molecule has 32 heavy (non-hydrogen) atoms. The van der Waals surface area contributed by atoms with E-state index in [0.29, 0.717) is 33.3 Å². The van der Waals surface area contributed by atoms with Gasteiger partial charge in [-0.15, -0.1) is 0 Å². The molecule has 0 saturated heterocycles. The summed E-state index contributed by atoms with van der Waals surface area (Å²) < 4.78 is 5.41.